The summed E-state index contributed by atoms with van der Waals surface area (Å²) in [7, 11) is -2.84. The predicted molar refractivity (Wildman–Crippen MR) is 115 cm³/mol. The number of hydrogen-bond acceptors (Lipinski definition) is 5. The van der Waals surface area contributed by atoms with Crippen molar-refractivity contribution >= 4 is 51.1 Å². The van der Waals surface area contributed by atoms with Gasteiger partial charge in [-0.15, -0.1) is 35.3 Å². The Morgan fingerprint density at radius 2 is 2.23 bits per heavy atom. The summed E-state index contributed by atoms with van der Waals surface area (Å²) >= 11 is 1.70. The standard InChI is InChI=1S/C17H25N3O3S2.HI/c21-25(22)7-5-12(11-25)9-18-17(19-10-14-2-1-6-24-14)20-15-8-13-3-4-16(15)23-13;/h1-2,6,12-13,15-16H,3-5,7-11H2,(H2,18,19,20);1H. The second kappa shape index (κ2) is 8.74. The number of hydrogen-bond donors (Lipinski definition) is 2. The molecule has 26 heavy (non-hydrogen) atoms. The van der Waals surface area contributed by atoms with Crippen molar-refractivity contribution in [2.45, 2.75) is 50.5 Å². The van der Waals surface area contributed by atoms with Crippen LogP contribution in [0.3, 0.4) is 0 Å². The monoisotopic (exact) mass is 511 g/mol. The lowest BCUT2D eigenvalue weighted by Gasteiger charge is -2.23. The number of nitrogens with zero attached hydrogens (tertiary/aromatic N) is 1. The largest absolute Gasteiger partial charge is 0.373 e. The summed E-state index contributed by atoms with van der Waals surface area (Å²) in [4.78, 5) is 5.93. The summed E-state index contributed by atoms with van der Waals surface area (Å²) in [6, 6.07) is 4.42. The minimum absolute atomic E-state index is 0. The highest BCUT2D eigenvalue weighted by Crippen LogP contribution is 2.34. The molecule has 2 bridgehead atoms. The first-order valence-electron chi connectivity index (χ1n) is 9.00. The molecule has 3 aliphatic rings. The number of rotatable bonds is 5. The van der Waals surface area contributed by atoms with E-state index >= 15 is 0 Å². The molecule has 3 fully saturated rings. The van der Waals surface area contributed by atoms with Gasteiger partial charge in [0.1, 0.15) is 0 Å². The van der Waals surface area contributed by atoms with Crippen molar-refractivity contribution in [2.75, 3.05) is 18.1 Å². The number of thiophene rings is 1. The van der Waals surface area contributed by atoms with Gasteiger partial charge in [0, 0.05) is 11.4 Å². The fourth-order valence-electron chi connectivity index (χ4n) is 3.95. The van der Waals surface area contributed by atoms with Crippen LogP contribution in [0.4, 0.5) is 0 Å². The molecule has 4 atom stereocenters. The first-order valence-corrected chi connectivity index (χ1v) is 11.7. The first-order chi connectivity index (χ1) is 12.1. The van der Waals surface area contributed by atoms with Crippen LogP contribution in [0.2, 0.25) is 0 Å². The van der Waals surface area contributed by atoms with Crippen LogP contribution < -0.4 is 10.6 Å². The number of fused-ring (bicyclic) bond motifs is 2. The van der Waals surface area contributed by atoms with Gasteiger partial charge in [-0.1, -0.05) is 6.07 Å². The molecule has 0 radical (unpaired) electrons. The molecule has 3 saturated heterocycles. The lowest BCUT2D eigenvalue weighted by atomic mass is 9.96. The normalized spacial score (nSPS) is 32.4. The third kappa shape index (κ3) is 5.11. The van der Waals surface area contributed by atoms with Crippen molar-refractivity contribution in [1.82, 2.24) is 10.6 Å². The molecule has 2 N–H and O–H groups in total. The smallest absolute Gasteiger partial charge is 0.191 e. The quantitative estimate of drug-likeness (QED) is 0.360. The van der Waals surface area contributed by atoms with Crippen molar-refractivity contribution in [1.29, 1.82) is 0 Å². The summed E-state index contributed by atoms with van der Waals surface area (Å²) in [5.41, 5.74) is 0. The summed E-state index contributed by atoms with van der Waals surface area (Å²) in [5, 5.41) is 8.95. The summed E-state index contributed by atoms with van der Waals surface area (Å²) < 4.78 is 29.2. The zero-order valence-corrected chi connectivity index (χ0v) is 18.6. The zero-order valence-electron chi connectivity index (χ0n) is 14.6. The molecule has 4 rings (SSSR count). The second-order valence-electron chi connectivity index (χ2n) is 7.25. The molecule has 0 aromatic carbocycles. The van der Waals surface area contributed by atoms with Crippen LogP contribution in [0, 0.1) is 5.92 Å². The molecule has 3 aliphatic heterocycles. The summed E-state index contributed by atoms with van der Waals surface area (Å²) in [6.45, 7) is 1.29. The van der Waals surface area contributed by atoms with Gasteiger partial charge in [-0.05, 0) is 43.0 Å². The average molecular weight is 511 g/mol. The van der Waals surface area contributed by atoms with Crippen LogP contribution in [-0.4, -0.2) is 50.7 Å². The Morgan fingerprint density at radius 1 is 1.35 bits per heavy atom. The topological polar surface area (TPSA) is 79.8 Å². The molecule has 4 heterocycles. The Hall–Kier alpha value is -0.390. The van der Waals surface area contributed by atoms with E-state index in [2.05, 4.69) is 22.1 Å². The first kappa shape index (κ1) is 20.3. The Morgan fingerprint density at radius 3 is 2.85 bits per heavy atom. The van der Waals surface area contributed by atoms with E-state index in [0.717, 1.165) is 31.6 Å². The molecule has 6 nitrogen and oxygen atoms in total. The van der Waals surface area contributed by atoms with Gasteiger partial charge in [0.25, 0.3) is 0 Å². The van der Waals surface area contributed by atoms with Gasteiger partial charge in [0.15, 0.2) is 15.8 Å². The van der Waals surface area contributed by atoms with Crippen LogP contribution >= 0.6 is 35.3 Å². The van der Waals surface area contributed by atoms with E-state index in [1.165, 1.54) is 4.88 Å². The predicted octanol–water partition coefficient (Wildman–Crippen LogP) is 2.16. The Bertz CT molecular complexity index is 724. The van der Waals surface area contributed by atoms with Crippen molar-refractivity contribution in [3.63, 3.8) is 0 Å². The van der Waals surface area contributed by atoms with Gasteiger partial charge < -0.3 is 15.4 Å². The maximum absolute atomic E-state index is 11.6. The molecule has 0 spiro atoms. The minimum Gasteiger partial charge on any atom is -0.373 e. The molecule has 4 unspecified atom stereocenters. The second-order valence-corrected chi connectivity index (χ2v) is 10.5. The maximum Gasteiger partial charge on any atom is 0.191 e. The third-order valence-electron chi connectivity index (χ3n) is 5.29. The van der Waals surface area contributed by atoms with Crippen molar-refractivity contribution < 1.29 is 13.2 Å². The summed E-state index contributed by atoms with van der Waals surface area (Å²) in [5.74, 6) is 1.55. The van der Waals surface area contributed by atoms with E-state index in [-0.39, 0.29) is 41.8 Å². The molecular formula is C17H26IN3O3S2. The Kier molecular flexibility index (Phi) is 6.84. The average Bonchev–Trinajstić information content (AvgIpc) is 3.35. The minimum atomic E-state index is -2.84. The molecule has 0 aliphatic carbocycles. The fraction of sp³-hybridized carbons (Fsp3) is 0.706. The molecule has 146 valence electrons. The number of sulfone groups is 1. The molecular weight excluding hydrogens is 485 g/mol. The van der Waals surface area contributed by atoms with Gasteiger partial charge in [0.05, 0.1) is 36.3 Å². The zero-order chi connectivity index (χ0) is 17.3. The van der Waals surface area contributed by atoms with Crippen molar-refractivity contribution in [3.05, 3.63) is 22.4 Å². The highest BCUT2D eigenvalue weighted by atomic mass is 127. The number of guanidine groups is 1. The molecule has 1 aromatic rings. The highest BCUT2D eigenvalue weighted by Gasteiger charge is 2.41. The van der Waals surface area contributed by atoms with Gasteiger partial charge >= 0.3 is 0 Å². The summed E-state index contributed by atoms with van der Waals surface area (Å²) in [6.07, 6.45) is 4.72. The van der Waals surface area contributed by atoms with Crippen LogP contribution in [0.15, 0.2) is 22.5 Å². The van der Waals surface area contributed by atoms with Crippen molar-refractivity contribution in [2.24, 2.45) is 10.9 Å². The lowest BCUT2D eigenvalue weighted by Crippen LogP contribution is -2.48. The van der Waals surface area contributed by atoms with E-state index in [1.807, 2.05) is 6.07 Å². The van der Waals surface area contributed by atoms with E-state index in [9.17, 15) is 8.42 Å². The van der Waals surface area contributed by atoms with E-state index in [1.54, 1.807) is 11.3 Å². The number of nitrogens with one attached hydrogen (secondary N) is 2. The number of aliphatic imine (C=N–C) groups is 1. The van der Waals surface area contributed by atoms with E-state index in [4.69, 9.17) is 9.73 Å². The van der Waals surface area contributed by atoms with E-state index < -0.39 is 9.84 Å². The fourth-order valence-corrected chi connectivity index (χ4v) is 6.44. The molecule has 0 amide bonds. The number of halogens is 1. The van der Waals surface area contributed by atoms with Gasteiger partial charge in [-0.2, -0.15) is 0 Å². The lowest BCUT2D eigenvalue weighted by molar-refractivity contribution is 0.0992. The maximum atomic E-state index is 11.6. The van der Waals surface area contributed by atoms with Crippen LogP contribution in [-0.2, 0) is 21.1 Å². The Balaban J connectivity index is 0.00000196. The SMILES string of the molecule is I.O=S1(=O)CCC(CNC(=NCc2cccs2)NC2CC3CCC2O3)C1. The van der Waals surface area contributed by atoms with Gasteiger partial charge in [-0.3, -0.25) is 0 Å². The van der Waals surface area contributed by atoms with E-state index in [0.29, 0.717) is 31.0 Å². The third-order valence-corrected chi connectivity index (χ3v) is 7.98. The molecule has 1 aromatic heterocycles. The van der Waals surface area contributed by atoms with Crippen LogP contribution in [0.25, 0.3) is 0 Å². The van der Waals surface area contributed by atoms with Crippen molar-refractivity contribution in [3.8, 4) is 0 Å². The molecule has 9 heteroatoms. The van der Waals surface area contributed by atoms with Gasteiger partial charge in [0.2, 0.25) is 0 Å². The number of ether oxygens (including phenoxy) is 1. The van der Waals surface area contributed by atoms with Crippen LogP contribution in [0.5, 0.6) is 0 Å². The van der Waals surface area contributed by atoms with Crippen LogP contribution in [0.1, 0.15) is 30.6 Å². The Labute approximate surface area is 176 Å². The highest BCUT2D eigenvalue weighted by molar-refractivity contribution is 14.0. The van der Waals surface area contributed by atoms with Gasteiger partial charge in [-0.25, -0.2) is 13.4 Å². The molecule has 0 saturated carbocycles.